The van der Waals surface area contributed by atoms with Crippen molar-refractivity contribution in [3.05, 3.63) is 12.2 Å². The molecular weight excluding hydrogens is 194 g/mol. The van der Waals surface area contributed by atoms with Gasteiger partial charge in [-0.2, -0.15) is 0 Å². The van der Waals surface area contributed by atoms with E-state index in [0.29, 0.717) is 0 Å². The molecule has 0 amide bonds. The summed E-state index contributed by atoms with van der Waals surface area (Å²) in [6.07, 6.45) is 14.8. The zero-order valence-corrected chi connectivity index (χ0v) is 10.5. The second-order valence-electron chi connectivity index (χ2n) is 6.07. The van der Waals surface area contributed by atoms with Crippen LogP contribution in [0.15, 0.2) is 12.2 Å². The number of allylic oxidation sites excluding steroid dienone is 1. The molecule has 0 aromatic rings. The summed E-state index contributed by atoms with van der Waals surface area (Å²) in [7, 11) is 0. The van der Waals surface area contributed by atoms with E-state index in [0.717, 1.165) is 29.8 Å². The lowest BCUT2D eigenvalue weighted by atomic mass is 9.70. The first kappa shape index (κ1) is 10.8. The molecule has 3 aliphatic rings. The number of hydrogen-bond acceptors (Lipinski definition) is 1. The van der Waals surface area contributed by atoms with Gasteiger partial charge in [0, 0.05) is 12.1 Å². The maximum Gasteiger partial charge on any atom is 0.0138 e. The minimum atomic E-state index is 0.820. The molecule has 0 bridgehead atoms. The van der Waals surface area contributed by atoms with E-state index in [2.05, 4.69) is 24.4 Å². The van der Waals surface area contributed by atoms with Crippen LogP contribution in [0.25, 0.3) is 0 Å². The van der Waals surface area contributed by atoms with Crippen molar-refractivity contribution in [1.82, 2.24) is 5.32 Å². The molecule has 0 spiro atoms. The molecule has 0 radical (unpaired) electrons. The SMILES string of the molecule is CCC1CCCCC1NC1CC2CC=CC21. The first-order chi connectivity index (χ1) is 7.88. The van der Waals surface area contributed by atoms with Crippen LogP contribution in [0.2, 0.25) is 0 Å². The molecule has 2 saturated carbocycles. The van der Waals surface area contributed by atoms with Gasteiger partial charge in [0.05, 0.1) is 0 Å². The molecule has 1 nitrogen and oxygen atoms in total. The van der Waals surface area contributed by atoms with Gasteiger partial charge in [-0.15, -0.1) is 0 Å². The van der Waals surface area contributed by atoms with Crippen molar-refractivity contribution in [3.8, 4) is 0 Å². The van der Waals surface area contributed by atoms with Crippen LogP contribution in [-0.2, 0) is 0 Å². The lowest BCUT2D eigenvalue weighted by molar-refractivity contribution is 0.121. The molecule has 1 N–H and O–H groups in total. The van der Waals surface area contributed by atoms with Gasteiger partial charge in [-0.3, -0.25) is 0 Å². The van der Waals surface area contributed by atoms with Crippen molar-refractivity contribution in [3.63, 3.8) is 0 Å². The number of fused-ring (bicyclic) bond motifs is 1. The van der Waals surface area contributed by atoms with Crippen LogP contribution in [0.3, 0.4) is 0 Å². The van der Waals surface area contributed by atoms with Crippen molar-refractivity contribution in [2.75, 3.05) is 0 Å². The highest BCUT2D eigenvalue weighted by molar-refractivity contribution is 5.13. The molecule has 16 heavy (non-hydrogen) atoms. The van der Waals surface area contributed by atoms with E-state index in [-0.39, 0.29) is 0 Å². The normalized spacial score (nSPS) is 46.4. The van der Waals surface area contributed by atoms with E-state index < -0.39 is 0 Å². The molecule has 5 atom stereocenters. The Balaban J connectivity index is 1.55. The van der Waals surface area contributed by atoms with E-state index in [1.54, 1.807) is 0 Å². The fraction of sp³-hybridized carbons (Fsp3) is 0.867. The summed E-state index contributed by atoms with van der Waals surface area (Å²) in [4.78, 5) is 0. The molecule has 2 fully saturated rings. The number of nitrogens with one attached hydrogen (secondary N) is 1. The summed E-state index contributed by atoms with van der Waals surface area (Å²) in [5.74, 6) is 2.85. The fourth-order valence-electron chi connectivity index (χ4n) is 4.10. The molecule has 1 heteroatoms. The lowest BCUT2D eigenvalue weighted by Crippen LogP contribution is -2.54. The quantitative estimate of drug-likeness (QED) is 0.716. The Morgan fingerprint density at radius 2 is 2.06 bits per heavy atom. The molecule has 5 unspecified atom stereocenters. The predicted molar refractivity (Wildman–Crippen MR) is 68.3 cm³/mol. The standard InChI is InChI=1S/C15H25N/c1-2-11-6-3-4-9-14(11)16-15-10-12-7-5-8-13(12)15/h5,8,11-16H,2-4,6-7,9-10H2,1H3. The maximum atomic E-state index is 3.98. The first-order valence-electron chi connectivity index (χ1n) is 7.31. The minimum Gasteiger partial charge on any atom is -0.310 e. The van der Waals surface area contributed by atoms with Crippen LogP contribution >= 0.6 is 0 Å². The van der Waals surface area contributed by atoms with Crippen LogP contribution in [0.1, 0.15) is 51.9 Å². The average molecular weight is 219 g/mol. The molecule has 0 aliphatic heterocycles. The minimum absolute atomic E-state index is 0.820. The highest BCUT2D eigenvalue weighted by atomic mass is 15.0. The average Bonchev–Trinajstić information content (AvgIpc) is 2.68. The van der Waals surface area contributed by atoms with Gasteiger partial charge in [-0.25, -0.2) is 0 Å². The molecule has 0 heterocycles. The third-order valence-electron chi connectivity index (χ3n) is 5.22. The van der Waals surface area contributed by atoms with E-state index in [1.165, 1.54) is 44.9 Å². The molecule has 3 rings (SSSR count). The first-order valence-corrected chi connectivity index (χ1v) is 7.31. The molecule has 0 aromatic carbocycles. The van der Waals surface area contributed by atoms with E-state index in [9.17, 15) is 0 Å². The predicted octanol–water partition coefficient (Wildman–Crippen LogP) is 3.51. The van der Waals surface area contributed by atoms with Gasteiger partial charge < -0.3 is 5.32 Å². The van der Waals surface area contributed by atoms with Crippen molar-refractivity contribution >= 4 is 0 Å². The molecule has 90 valence electrons. The summed E-state index contributed by atoms with van der Waals surface area (Å²) >= 11 is 0. The monoisotopic (exact) mass is 219 g/mol. The van der Waals surface area contributed by atoms with E-state index in [1.807, 2.05) is 0 Å². The zero-order valence-electron chi connectivity index (χ0n) is 10.5. The van der Waals surface area contributed by atoms with Crippen LogP contribution in [0, 0.1) is 17.8 Å². The lowest BCUT2D eigenvalue weighted by Gasteiger charge is -2.45. The van der Waals surface area contributed by atoms with Gasteiger partial charge in [0.2, 0.25) is 0 Å². The smallest absolute Gasteiger partial charge is 0.0138 e. The number of rotatable bonds is 3. The summed E-state index contributed by atoms with van der Waals surface area (Å²) in [5.41, 5.74) is 0. The van der Waals surface area contributed by atoms with Crippen LogP contribution in [0.4, 0.5) is 0 Å². The second-order valence-corrected chi connectivity index (χ2v) is 6.07. The maximum absolute atomic E-state index is 3.98. The van der Waals surface area contributed by atoms with Gasteiger partial charge in [-0.1, -0.05) is 38.3 Å². The van der Waals surface area contributed by atoms with Crippen LogP contribution < -0.4 is 5.32 Å². The fourth-order valence-corrected chi connectivity index (χ4v) is 4.10. The Kier molecular flexibility index (Phi) is 3.06. The van der Waals surface area contributed by atoms with Gasteiger partial charge in [0.25, 0.3) is 0 Å². The van der Waals surface area contributed by atoms with E-state index >= 15 is 0 Å². The third-order valence-corrected chi connectivity index (χ3v) is 5.22. The van der Waals surface area contributed by atoms with Gasteiger partial charge in [0.15, 0.2) is 0 Å². The summed E-state index contributed by atoms with van der Waals surface area (Å²) in [5, 5.41) is 3.98. The Labute approximate surface area is 99.7 Å². The highest BCUT2D eigenvalue weighted by Crippen LogP contribution is 2.43. The molecule has 0 saturated heterocycles. The molecular formula is C15H25N. The molecule has 3 aliphatic carbocycles. The Morgan fingerprint density at radius 1 is 1.19 bits per heavy atom. The Morgan fingerprint density at radius 3 is 2.88 bits per heavy atom. The van der Waals surface area contributed by atoms with Crippen LogP contribution in [0.5, 0.6) is 0 Å². The van der Waals surface area contributed by atoms with Gasteiger partial charge in [-0.05, 0) is 43.4 Å². The Bertz CT molecular complexity index is 271. The van der Waals surface area contributed by atoms with Crippen molar-refractivity contribution in [1.29, 1.82) is 0 Å². The highest BCUT2D eigenvalue weighted by Gasteiger charge is 2.42. The van der Waals surface area contributed by atoms with Crippen LogP contribution in [-0.4, -0.2) is 12.1 Å². The van der Waals surface area contributed by atoms with Crippen molar-refractivity contribution in [2.24, 2.45) is 17.8 Å². The summed E-state index contributed by atoms with van der Waals surface area (Å²) < 4.78 is 0. The van der Waals surface area contributed by atoms with E-state index in [4.69, 9.17) is 0 Å². The second kappa shape index (κ2) is 4.52. The third kappa shape index (κ3) is 1.84. The largest absolute Gasteiger partial charge is 0.310 e. The molecule has 0 aromatic heterocycles. The zero-order chi connectivity index (χ0) is 11.0. The summed E-state index contributed by atoms with van der Waals surface area (Å²) in [6, 6.07) is 1.65. The van der Waals surface area contributed by atoms with Gasteiger partial charge >= 0.3 is 0 Å². The Hall–Kier alpha value is -0.300. The number of hydrogen-bond donors (Lipinski definition) is 1. The topological polar surface area (TPSA) is 12.0 Å². The summed E-state index contributed by atoms with van der Waals surface area (Å²) in [6.45, 7) is 2.36. The van der Waals surface area contributed by atoms with Crippen molar-refractivity contribution in [2.45, 2.75) is 64.0 Å². The van der Waals surface area contributed by atoms with Crippen molar-refractivity contribution < 1.29 is 0 Å². The van der Waals surface area contributed by atoms with Gasteiger partial charge in [0.1, 0.15) is 0 Å².